The van der Waals surface area contributed by atoms with Gasteiger partial charge in [-0.3, -0.25) is 9.59 Å². The van der Waals surface area contributed by atoms with Crippen molar-refractivity contribution in [3.8, 4) is 0 Å². The van der Waals surface area contributed by atoms with E-state index in [0.29, 0.717) is 31.3 Å². The zero-order chi connectivity index (χ0) is 21.6. The lowest BCUT2D eigenvalue weighted by atomic mass is 9.91. The summed E-state index contributed by atoms with van der Waals surface area (Å²) in [7, 11) is 0. The number of benzene rings is 1. The van der Waals surface area contributed by atoms with Crippen LogP contribution in [-0.2, 0) is 20.9 Å². The molecule has 3 rings (SSSR count). The van der Waals surface area contributed by atoms with Gasteiger partial charge in [0, 0.05) is 18.1 Å². The number of hydrogen-bond acceptors (Lipinski definition) is 6. The lowest BCUT2D eigenvalue weighted by Crippen LogP contribution is -2.25. The highest BCUT2D eigenvalue weighted by Crippen LogP contribution is 2.45. The number of aromatic nitrogens is 1. The van der Waals surface area contributed by atoms with Gasteiger partial charge in [0.25, 0.3) is 0 Å². The number of aldehydes is 1. The Morgan fingerprint density at radius 1 is 1.27 bits per heavy atom. The summed E-state index contributed by atoms with van der Waals surface area (Å²) in [6.45, 7) is 6.70. The zero-order valence-corrected chi connectivity index (χ0v) is 18.1. The van der Waals surface area contributed by atoms with Crippen molar-refractivity contribution in [1.29, 1.82) is 0 Å². The predicted octanol–water partition coefficient (Wildman–Crippen LogP) is 5.18. The number of rotatable bonds is 11. The van der Waals surface area contributed by atoms with Crippen molar-refractivity contribution in [3.63, 3.8) is 0 Å². The second kappa shape index (κ2) is 10.0. The smallest absolute Gasteiger partial charge is 0.306 e. The van der Waals surface area contributed by atoms with Gasteiger partial charge in [0.1, 0.15) is 5.60 Å². The third-order valence-corrected chi connectivity index (χ3v) is 5.05. The Hall–Kier alpha value is -2.47. The van der Waals surface area contributed by atoms with Crippen LogP contribution in [0.25, 0.3) is 0 Å². The number of hydrogen-bond donors (Lipinski definition) is 0. The second-order valence-corrected chi connectivity index (χ2v) is 8.91. The quantitative estimate of drug-likeness (QED) is 0.287. The van der Waals surface area contributed by atoms with Crippen molar-refractivity contribution in [2.24, 2.45) is 0 Å². The molecule has 1 atom stereocenters. The Labute approximate surface area is 177 Å². The highest BCUT2D eigenvalue weighted by Gasteiger charge is 2.35. The van der Waals surface area contributed by atoms with Crippen molar-refractivity contribution in [2.45, 2.75) is 76.9 Å². The number of carbonyl (C=O) groups is 2. The molecule has 1 aliphatic carbocycles. The van der Waals surface area contributed by atoms with Gasteiger partial charge in [-0.1, -0.05) is 35.5 Å². The van der Waals surface area contributed by atoms with E-state index in [9.17, 15) is 9.59 Å². The van der Waals surface area contributed by atoms with E-state index in [1.807, 2.05) is 51.1 Å². The third-order valence-electron chi connectivity index (χ3n) is 5.05. The van der Waals surface area contributed by atoms with Crippen LogP contribution >= 0.6 is 0 Å². The van der Waals surface area contributed by atoms with Gasteiger partial charge in [-0.05, 0) is 57.9 Å². The molecule has 0 radical (unpaired) electrons. The first-order chi connectivity index (χ1) is 14.4. The van der Waals surface area contributed by atoms with Gasteiger partial charge >= 0.3 is 5.97 Å². The first-order valence-corrected chi connectivity index (χ1v) is 10.7. The van der Waals surface area contributed by atoms with Gasteiger partial charge in [-0.2, -0.15) is 0 Å². The van der Waals surface area contributed by atoms with Crippen LogP contribution in [0.15, 0.2) is 34.9 Å². The molecular formula is C24H31NO5. The van der Waals surface area contributed by atoms with E-state index in [0.717, 1.165) is 42.4 Å². The Bertz CT molecular complexity index is 833. The Balaban J connectivity index is 1.63. The molecule has 0 spiro atoms. The maximum atomic E-state index is 12.5. The molecule has 1 aromatic carbocycles. The summed E-state index contributed by atoms with van der Waals surface area (Å²) in [5.41, 5.74) is 2.19. The van der Waals surface area contributed by atoms with E-state index in [1.165, 1.54) is 0 Å². The van der Waals surface area contributed by atoms with E-state index in [-0.39, 0.29) is 18.3 Å². The molecule has 0 aliphatic heterocycles. The third kappa shape index (κ3) is 6.52. The molecule has 1 aromatic heterocycles. The van der Waals surface area contributed by atoms with Crippen LogP contribution in [0.5, 0.6) is 0 Å². The lowest BCUT2D eigenvalue weighted by Gasteiger charge is -2.22. The number of ether oxygens (including phenoxy) is 2. The molecule has 0 saturated heterocycles. The van der Waals surface area contributed by atoms with E-state index in [1.54, 1.807) is 0 Å². The molecule has 1 heterocycles. The summed E-state index contributed by atoms with van der Waals surface area (Å²) in [5.74, 6) is 0.173. The molecule has 2 aromatic rings. The van der Waals surface area contributed by atoms with Gasteiger partial charge in [0.05, 0.1) is 18.7 Å². The standard InChI is InChI=1S/C24H31NO5/c1-24(2,3)29-21(27)14-19(10-7-13-28-16-17-8-5-4-6-9-17)23-22(18-11-12-18)20(15-26)30-25-23/h4-6,8-9,15,18-19H,7,10-14,16H2,1-3H3/t19-/m0/s1. The Kier molecular flexibility index (Phi) is 7.43. The zero-order valence-electron chi connectivity index (χ0n) is 18.1. The van der Waals surface area contributed by atoms with Crippen LogP contribution in [0.3, 0.4) is 0 Å². The Morgan fingerprint density at radius 3 is 2.63 bits per heavy atom. The molecule has 0 N–H and O–H groups in total. The summed E-state index contributed by atoms with van der Waals surface area (Å²) in [6.07, 6.45) is 4.45. The largest absolute Gasteiger partial charge is 0.460 e. The van der Waals surface area contributed by atoms with Gasteiger partial charge in [-0.25, -0.2) is 0 Å². The maximum Gasteiger partial charge on any atom is 0.306 e. The molecule has 1 saturated carbocycles. The molecule has 162 valence electrons. The van der Waals surface area contributed by atoms with Crippen molar-refractivity contribution in [1.82, 2.24) is 5.16 Å². The molecule has 30 heavy (non-hydrogen) atoms. The number of carbonyl (C=O) groups excluding carboxylic acids is 2. The number of esters is 1. The summed E-state index contributed by atoms with van der Waals surface area (Å²) in [4.78, 5) is 23.9. The fourth-order valence-corrected chi connectivity index (χ4v) is 3.60. The van der Waals surface area contributed by atoms with Crippen molar-refractivity contribution >= 4 is 12.3 Å². The van der Waals surface area contributed by atoms with Gasteiger partial charge in [0.15, 0.2) is 6.29 Å². The number of nitrogens with zero attached hydrogens (tertiary/aromatic N) is 1. The minimum atomic E-state index is -0.544. The molecule has 6 heteroatoms. The van der Waals surface area contributed by atoms with E-state index < -0.39 is 5.60 Å². The normalized spacial score (nSPS) is 15.0. The van der Waals surface area contributed by atoms with Crippen LogP contribution in [0, 0.1) is 0 Å². The topological polar surface area (TPSA) is 78.6 Å². The van der Waals surface area contributed by atoms with Crippen LogP contribution in [0.1, 0.15) is 92.1 Å². The SMILES string of the molecule is CC(C)(C)OC(=O)C[C@H](CCCOCc1ccccc1)c1noc(C=O)c1C1CC1. The lowest BCUT2D eigenvalue weighted by molar-refractivity contribution is -0.155. The highest BCUT2D eigenvalue weighted by atomic mass is 16.6. The van der Waals surface area contributed by atoms with Crippen LogP contribution in [0.2, 0.25) is 0 Å². The van der Waals surface area contributed by atoms with Crippen LogP contribution in [-0.4, -0.2) is 29.6 Å². The Morgan fingerprint density at radius 2 is 2.00 bits per heavy atom. The van der Waals surface area contributed by atoms with Crippen LogP contribution in [0.4, 0.5) is 0 Å². The van der Waals surface area contributed by atoms with Crippen molar-refractivity contribution < 1.29 is 23.6 Å². The monoisotopic (exact) mass is 413 g/mol. The van der Waals surface area contributed by atoms with E-state index in [2.05, 4.69) is 5.16 Å². The van der Waals surface area contributed by atoms with E-state index in [4.69, 9.17) is 14.0 Å². The molecule has 0 amide bonds. The van der Waals surface area contributed by atoms with Gasteiger partial charge in [-0.15, -0.1) is 0 Å². The predicted molar refractivity (Wildman–Crippen MR) is 112 cm³/mol. The van der Waals surface area contributed by atoms with Crippen molar-refractivity contribution in [3.05, 3.63) is 52.9 Å². The minimum Gasteiger partial charge on any atom is -0.460 e. The summed E-state index contributed by atoms with van der Waals surface area (Å²) in [6, 6.07) is 10.0. The van der Waals surface area contributed by atoms with Gasteiger partial charge < -0.3 is 14.0 Å². The first kappa shape index (κ1) is 22.2. The van der Waals surface area contributed by atoms with E-state index >= 15 is 0 Å². The summed E-state index contributed by atoms with van der Waals surface area (Å²) >= 11 is 0. The second-order valence-electron chi connectivity index (χ2n) is 8.91. The van der Waals surface area contributed by atoms with Gasteiger partial charge in [0.2, 0.25) is 5.76 Å². The average Bonchev–Trinajstić information content (AvgIpc) is 3.44. The fourth-order valence-electron chi connectivity index (χ4n) is 3.60. The first-order valence-electron chi connectivity index (χ1n) is 10.7. The minimum absolute atomic E-state index is 0.159. The summed E-state index contributed by atoms with van der Waals surface area (Å²) in [5, 5.41) is 4.19. The highest BCUT2D eigenvalue weighted by molar-refractivity contribution is 5.75. The molecular weight excluding hydrogens is 382 g/mol. The van der Waals surface area contributed by atoms with Crippen LogP contribution < -0.4 is 0 Å². The average molecular weight is 414 g/mol. The molecule has 6 nitrogen and oxygen atoms in total. The van der Waals surface area contributed by atoms with Crippen molar-refractivity contribution in [2.75, 3.05) is 6.61 Å². The maximum absolute atomic E-state index is 12.5. The molecule has 0 unspecified atom stereocenters. The molecule has 0 bridgehead atoms. The molecule has 1 aliphatic rings. The summed E-state index contributed by atoms with van der Waals surface area (Å²) < 4.78 is 16.6. The fraction of sp³-hybridized carbons (Fsp3) is 0.542. The molecule has 1 fully saturated rings.